The van der Waals surface area contributed by atoms with E-state index in [0.29, 0.717) is 0 Å². The monoisotopic (exact) mass is 248 g/mol. The van der Waals surface area contributed by atoms with Crippen molar-refractivity contribution in [3.63, 3.8) is 0 Å². The van der Waals surface area contributed by atoms with Crippen LogP contribution in [-0.4, -0.2) is 0 Å². The van der Waals surface area contributed by atoms with Gasteiger partial charge in [-0.15, -0.1) is 0 Å². The summed E-state index contributed by atoms with van der Waals surface area (Å²) in [5, 5.41) is 0. The lowest BCUT2D eigenvalue weighted by Crippen LogP contribution is -2.15. The summed E-state index contributed by atoms with van der Waals surface area (Å²) >= 11 is 0. The van der Waals surface area contributed by atoms with Crippen molar-refractivity contribution in [1.29, 1.82) is 0 Å². The Labute approximate surface area is 115 Å². The molecule has 0 unspecified atom stereocenters. The fourth-order valence-corrected chi connectivity index (χ4v) is 3.19. The molecule has 0 heteroatoms. The Hall–Kier alpha value is -0.520. The average molecular weight is 248 g/mol. The van der Waals surface area contributed by atoms with E-state index in [1.807, 2.05) is 13.8 Å². The first-order valence-electron chi connectivity index (χ1n) is 8.22. The van der Waals surface area contributed by atoms with E-state index < -0.39 is 0 Å². The van der Waals surface area contributed by atoms with Crippen LogP contribution in [-0.2, 0) is 0 Å². The molecule has 1 saturated carbocycles. The van der Waals surface area contributed by atoms with E-state index in [2.05, 4.69) is 25.2 Å². The van der Waals surface area contributed by atoms with Crippen LogP contribution in [0.15, 0.2) is 23.8 Å². The third kappa shape index (κ3) is 5.42. The molecular formula is C18H32. The van der Waals surface area contributed by atoms with E-state index >= 15 is 0 Å². The minimum Gasteiger partial charge on any atom is -0.0840 e. The highest BCUT2D eigenvalue weighted by Crippen LogP contribution is 2.33. The van der Waals surface area contributed by atoms with Crippen LogP contribution in [0.5, 0.6) is 0 Å². The van der Waals surface area contributed by atoms with Crippen LogP contribution in [0.2, 0.25) is 0 Å². The second-order valence-electron chi connectivity index (χ2n) is 5.67. The number of allylic oxidation sites excluding steroid dienone is 4. The minimum absolute atomic E-state index is 0.941. The van der Waals surface area contributed by atoms with Crippen molar-refractivity contribution in [3.05, 3.63) is 23.8 Å². The Morgan fingerprint density at radius 3 is 2.44 bits per heavy atom. The van der Waals surface area contributed by atoms with Crippen molar-refractivity contribution in [2.75, 3.05) is 0 Å². The van der Waals surface area contributed by atoms with Gasteiger partial charge in [-0.05, 0) is 37.5 Å². The molecule has 1 fully saturated rings. The first kappa shape index (κ1) is 15.5. The third-order valence-electron chi connectivity index (χ3n) is 4.41. The van der Waals surface area contributed by atoms with Gasteiger partial charge in [0.25, 0.3) is 0 Å². The fourth-order valence-electron chi connectivity index (χ4n) is 3.19. The lowest BCUT2D eigenvalue weighted by Gasteiger charge is -2.27. The van der Waals surface area contributed by atoms with Crippen molar-refractivity contribution < 1.29 is 0 Å². The molecule has 2 rings (SSSR count). The predicted octanol–water partition coefficient (Wildman–Crippen LogP) is 6.29. The SMILES string of the molecule is CC.C[C@@H](CCC1=CCCC=C1)C1CCCCC1. The molecule has 2 aliphatic rings. The molecule has 0 aromatic heterocycles. The second-order valence-corrected chi connectivity index (χ2v) is 5.67. The molecular weight excluding hydrogens is 216 g/mol. The summed E-state index contributed by atoms with van der Waals surface area (Å²) in [6, 6.07) is 0. The Morgan fingerprint density at radius 1 is 1.11 bits per heavy atom. The lowest BCUT2D eigenvalue weighted by atomic mass is 9.78. The fraction of sp³-hybridized carbons (Fsp3) is 0.778. The molecule has 18 heavy (non-hydrogen) atoms. The molecule has 0 heterocycles. The molecule has 0 saturated heterocycles. The van der Waals surface area contributed by atoms with E-state index in [1.54, 1.807) is 5.57 Å². The van der Waals surface area contributed by atoms with E-state index in [9.17, 15) is 0 Å². The molecule has 104 valence electrons. The van der Waals surface area contributed by atoms with Crippen molar-refractivity contribution in [3.8, 4) is 0 Å². The Morgan fingerprint density at radius 2 is 1.83 bits per heavy atom. The molecule has 0 spiro atoms. The molecule has 0 bridgehead atoms. The van der Waals surface area contributed by atoms with Gasteiger partial charge in [-0.3, -0.25) is 0 Å². The van der Waals surface area contributed by atoms with Gasteiger partial charge >= 0.3 is 0 Å². The molecule has 0 radical (unpaired) electrons. The molecule has 0 nitrogen and oxygen atoms in total. The van der Waals surface area contributed by atoms with E-state index in [4.69, 9.17) is 0 Å². The van der Waals surface area contributed by atoms with Crippen molar-refractivity contribution in [1.82, 2.24) is 0 Å². The van der Waals surface area contributed by atoms with Gasteiger partial charge in [0, 0.05) is 0 Å². The third-order valence-corrected chi connectivity index (χ3v) is 4.41. The standard InChI is InChI=1S/C16H26.C2H6/c1-14(16-10-6-3-7-11-16)12-13-15-8-4-2-5-9-15;1-2/h4,8-9,14,16H,2-3,5-7,10-13H2,1H3;1-2H3/t14-;/m0./s1. The topological polar surface area (TPSA) is 0 Å². The summed E-state index contributed by atoms with van der Waals surface area (Å²) in [6.45, 7) is 6.48. The van der Waals surface area contributed by atoms with Gasteiger partial charge in [-0.25, -0.2) is 0 Å². The summed E-state index contributed by atoms with van der Waals surface area (Å²) in [4.78, 5) is 0. The highest BCUT2D eigenvalue weighted by Gasteiger charge is 2.19. The first-order valence-corrected chi connectivity index (χ1v) is 8.22. The zero-order chi connectivity index (χ0) is 13.2. The maximum absolute atomic E-state index is 2.48. The van der Waals surface area contributed by atoms with E-state index in [0.717, 1.165) is 11.8 Å². The summed E-state index contributed by atoms with van der Waals surface area (Å²) in [6.07, 6.45) is 19.8. The van der Waals surface area contributed by atoms with Gasteiger partial charge in [-0.2, -0.15) is 0 Å². The Kier molecular flexibility index (Phi) is 8.13. The smallest absolute Gasteiger partial charge is 0.0280 e. The molecule has 2 aliphatic carbocycles. The average Bonchev–Trinajstić information content (AvgIpc) is 2.49. The summed E-state index contributed by atoms with van der Waals surface area (Å²) in [7, 11) is 0. The van der Waals surface area contributed by atoms with Crippen LogP contribution >= 0.6 is 0 Å². The van der Waals surface area contributed by atoms with Gasteiger partial charge in [0.2, 0.25) is 0 Å². The van der Waals surface area contributed by atoms with Crippen LogP contribution < -0.4 is 0 Å². The van der Waals surface area contributed by atoms with Crippen molar-refractivity contribution in [2.24, 2.45) is 11.8 Å². The van der Waals surface area contributed by atoms with Crippen molar-refractivity contribution >= 4 is 0 Å². The molecule has 0 aliphatic heterocycles. The maximum Gasteiger partial charge on any atom is -0.0280 e. The maximum atomic E-state index is 2.48. The number of rotatable bonds is 4. The predicted molar refractivity (Wildman–Crippen MR) is 82.8 cm³/mol. The van der Waals surface area contributed by atoms with Crippen LogP contribution in [0.3, 0.4) is 0 Å². The summed E-state index contributed by atoms with van der Waals surface area (Å²) < 4.78 is 0. The quantitative estimate of drug-likeness (QED) is 0.549. The second kappa shape index (κ2) is 9.42. The Balaban J connectivity index is 0.000000771. The Bertz CT molecular complexity index is 253. The van der Waals surface area contributed by atoms with E-state index in [1.165, 1.54) is 57.8 Å². The highest BCUT2D eigenvalue weighted by molar-refractivity contribution is 5.21. The lowest BCUT2D eigenvalue weighted by molar-refractivity contribution is 0.253. The highest BCUT2D eigenvalue weighted by atomic mass is 14.2. The summed E-state index contributed by atoms with van der Waals surface area (Å²) in [5.74, 6) is 1.97. The molecule has 0 amide bonds. The van der Waals surface area contributed by atoms with Crippen molar-refractivity contribution in [2.45, 2.75) is 78.6 Å². The van der Waals surface area contributed by atoms with Crippen LogP contribution in [0.25, 0.3) is 0 Å². The zero-order valence-corrected chi connectivity index (χ0v) is 12.8. The van der Waals surface area contributed by atoms with Gasteiger partial charge in [0.15, 0.2) is 0 Å². The van der Waals surface area contributed by atoms with Gasteiger partial charge < -0.3 is 0 Å². The van der Waals surface area contributed by atoms with Gasteiger partial charge in [0.1, 0.15) is 0 Å². The van der Waals surface area contributed by atoms with Crippen LogP contribution in [0.1, 0.15) is 78.6 Å². The number of hydrogen-bond donors (Lipinski definition) is 0. The molecule has 0 N–H and O–H groups in total. The summed E-state index contributed by atoms with van der Waals surface area (Å²) in [5.41, 5.74) is 1.59. The first-order chi connectivity index (χ1) is 8.86. The molecule has 0 aromatic carbocycles. The van der Waals surface area contributed by atoms with Gasteiger partial charge in [-0.1, -0.05) is 76.7 Å². The molecule has 0 aromatic rings. The van der Waals surface area contributed by atoms with Gasteiger partial charge in [0.05, 0.1) is 0 Å². The normalized spacial score (nSPS) is 21.8. The zero-order valence-electron chi connectivity index (χ0n) is 12.8. The van der Waals surface area contributed by atoms with Crippen LogP contribution in [0.4, 0.5) is 0 Å². The molecule has 1 atom stereocenters. The largest absolute Gasteiger partial charge is 0.0840 e. The minimum atomic E-state index is 0.941. The number of hydrogen-bond acceptors (Lipinski definition) is 0. The van der Waals surface area contributed by atoms with E-state index in [-0.39, 0.29) is 0 Å². The van der Waals surface area contributed by atoms with Crippen LogP contribution in [0, 0.1) is 11.8 Å².